The summed E-state index contributed by atoms with van der Waals surface area (Å²) in [5, 5.41) is 0. The molecule has 0 atom stereocenters. The topological polar surface area (TPSA) is 35.5 Å². The first-order chi connectivity index (χ1) is 7.77. The van der Waals surface area contributed by atoms with Gasteiger partial charge in [-0.15, -0.1) is 0 Å². The third-order valence-corrected chi connectivity index (χ3v) is 3.00. The van der Waals surface area contributed by atoms with Gasteiger partial charge in [0, 0.05) is 6.61 Å². The number of methoxy groups -OCH3 is 1. The molecular weight excluding hydrogens is 204 g/mol. The molecule has 0 saturated heterocycles. The summed E-state index contributed by atoms with van der Waals surface area (Å²) in [6.45, 7) is 2.92. The molecule has 1 rings (SSSR count). The lowest BCUT2D eigenvalue weighted by molar-refractivity contribution is -0.136. The van der Waals surface area contributed by atoms with Gasteiger partial charge in [-0.2, -0.15) is 0 Å². The van der Waals surface area contributed by atoms with Crippen molar-refractivity contribution in [2.45, 2.75) is 39.0 Å². The summed E-state index contributed by atoms with van der Waals surface area (Å²) >= 11 is 0. The maximum Gasteiger partial charge on any atom is 0.335 e. The molecule has 3 heteroatoms. The van der Waals surface area contributed by atoms with Crippen LogP contribution in [0, 0.1) is 5.92 Å². The molecule has 92 valence electrons. The van der Waals surface area contributed by atoms with E-state index < -0.39 is 0 Å². The first-order valence-electron chi connectivity index (χ1n) is 6.14. The summed E-state index contributed by atoms with van der Waals surface area (Å²) in [7, 11) is 1.42. The van der Waals surface area contributed by atoms with E-state index in [1.807, 2.05) is 6.92 Å². The Bertz CT molecular complexity index is 240. The van der Waals surface area contributed by atoms with Gasteiger partial charge in [-0.05, 0) is 25.7 Å². The monoisotopic (exact) mass is 226 g/mol. The second-order valence-corrected chi connectivity index (χ2v) is 4.22. The van der Waals surface area contributed by atoms with Crippen molar-refractivity contribution in [2.75, 3.05) is 20.3 Å². The molecular formula is C13H22O3. The molecule has 1 aliphatic carbocycles. The fourth-order valence-electron chi connectivity index (χ4n) is 2.10. The Labute approximate surface area is 97.8 Å². The fourth-order valence-corrected chi connectivity index (χ4v) is 2.10. The normalized spacial score (nSPS) is 18.5. The zero-order valence-corrected chi connectivity index (χ0v) is 10.3. The summed E-state index contributed by atoms with van der Waals surface area (Å²) in [6, 6.07) is 0. The number of carbonyl (C=O) groups is 1. The van der Waals surface area contributed by atoms with Crippen molar-refractivity contribution in [3.8, 4) is 0 Å². The maximum absolute atomic E-state index is 11.5. The molecule has 0 N–H and O–H groups in total. The van der Waals surface area contributed by atoms with Crippen LogP contribution >= 0.6 is 0 Å². The summed E-state index contributed by atoms with van der Waals surface area (Å²) in [5.41, 5.74) is 0.677. The molecule has 0 heterocycles. The highest BCUT2D eigenvalue weighted by Crippen LogP contribution is 2.25. The molecule has 0 aromatic heterocycles. The molecule has 0 aliphatic heterocycles. The van der Waals surface area contributed by atoms with Crippen molar-refractivity contribution < 1.29 is 14.3 Å². The van der Waals surface area contributed by atoms with Crippen molar-refractivity contribution in [3.05, 3.63) is 11.6 Å². The summed E-state index contributed by atoms with van der Waals surface area (Å²) in [5.74, 6) is 0.280. The third-order valence-electron chi connectivity index (χ3n) is 3.00. The van der Waals surface area contributed by atoms with Crippen LogP contribution in [0.4, 0.5) is 0 Å². The van der Waals surface area contributed by atoms with Gasteiger partial charge >= 0.3 is 5.97 Å². The molecule has 0 aromatic rings. The van der Waals surface area contributed by atoms with Crippen molar-refractivity contribution >= 4 is 5.97 Å². The predicted molar refractivity (Wildman–Crippen MR) is 63.2 cm³/mol. The first kappa shape index (κ1) is 13.2. The Morgan fingerprint density at radius 2 is 2.00 bits per heavy atom. The van der Waals surface area contributed by atoms with Crippen LogP contribution in [-0.4, -0.2) is 26.3 Å². The lowest BCUT2D eigenvalue weighted by Crippen LogP contribution is -2.14. The van der Waals surface area contributed by atoms with Gasteiger partial charge in [0.15, 0.2) is 0 Å². The summed E-state index contributed by atoms with van der Waals surface area (Å²) in [4.78, 5) is 11.5. The van der Waals surface area contributed by atoms with Crippen molar-refractivity contribution in [1.29, 1.82) is 0 Å². The lowest BCUT2D eigenvalue weighted by Gasteiger charge is -2.19. The van der Waals surface area contributed by atoms with E-state index in [2.05, 4.69) is 6.08 Å². The minimum Gasteiger partial charge on any atom is -0.466 e. The van der Waals surface area contributed by atoms with E-state index >= 15 is 0 Å². The van der Waals surface area contributed by atoms with E-state index in [9.17, 15) is 4.79 Å². The summed E-state index contributed by atoms with van der Waals surface area (Å²) in [6.07, 6.45) is 8.29. The molecule has 0 unspecified atom stereocenters. The Balaban J connectivity index is 2.57. The quantitative estimate of drug-likeness (QED) is 0.534. The lowest BCUT2D eigenvalue weighted by atomic mass is 9.88. The number of rotatable bonds is 5. The Morgan fingerprint density at radius 3 is 2.56 bits per heavy atom. The van der Waals surface area contributed by atoms with Crippen LogP contribution in [0.25, 0.3) is 0 Å². The van der Waals surface area contributed by atoms with Gasteiger partial charge < -0.3 is 9.47 Å². The maximum atomic E-state index is 11.5. The van der Waals surface area contributed by atoms with Gasteiger partial charge in [-0.3, -0.25) is 0 Å². The highest BCUT2D eigenvalue weighted by Gasteiger charge is 2.16. The molecule has 1 aliphatic rings. The highest BCUT2D eigenvalue weighted by atomic mass is 16.5. The standard InChI is InChI=1S/C13H22O3/c1-3-16-10-12(13(14)15-2)9-11-7-5-4-6-8-11/h9,11H,3-8,10H2,1-2H3. The first-order valence-corrected chi connectivity index (χ1v) is 6.14. The molecule has 1 saturated carbocycles. The smallest absolute Gasteiger partial charge is 0.335 e. The molecule has 1 fully saturated rings. The third kappa shape index (κ3) is 4.35. The minimum absolute atomic E-state index is 0.251. The number of allylic oxidation sites excluding steroid dienone is 1. The van der Waals surface area contributed by atoms with E-state index in [0.29, 0.717) is 24.7 Å². The van der Waals surface area contributed by atoms with Crippen LogP contribution in [0.15, 0.2) is 11.6 Å². The van der Waals surface area contributed by atoms with Gasteiger partial charge in [-0.1, -0.05) is 25.3 Å². The van der Waals surface area contributed by atoms with Gasteiger partial charge in [0.25, 0.3) is 0 Å². The number of ether oxygens (including phenoxy) is 2. The largest absolute Gasteiger partial charge is 0.466 e. The molecule has 16 heavy (non-hydrogen) atoms. The minimum atomic E-state index is -0.251. The molecule has 0 radical (unpaired) electrons. The fraction of sp³-hybridized carbons (Fsp3) is 0.769. The number of hydrogen-bond acceptors (Lipinski definition) is 3. The van der Waals surface area contributed by atoms with Crippen LogP contribution < -0.4 is 0 Å². The van der Waals surface area contributed by atoms with E-state index in [0.717, 1.165) is 0 Å². The van der Waals surface area contributed by atoms with E-state index in [1.165, 1.54) is 39.2 Å². The molecule has 0 amide bonds. The van der Waals surface area contributed by atoms with Gasteiger partial charge in [0.2, 0.25) is 0 Å². The van der Waals surface area contributed by atoms with E-state index in [4.69, 9.17) is 9.47 Å². The van der Waals surface area contributed by atoms with Crippen LogP contribution in [-0.2, 0) is 14.3 Å². The number of carbonyl (C=O) groups excluding carboxylic acids is 1. The van der Waals surface area contributed by atoms with Gasteiger partial charge in [0.1, 0.15) is 0 Å². The number of esters is 1. The predicted octanol–water partition coefficient (Wildman–Crippen LogP) is 2.70. The van der Waals surface area contributed by atoms with Gasteiger partial charge in [-0.25, -0.2) is 4.79 Å². The Morgan fingerprint density at radius 1 is 1.31 bits per heavy atom. The second kappa shape index (κ2) is 7.44. The Hall–Kier alpha value is -0.830. The van der Waals surface area contributed by atoms with Crippen molar-refractivity contribution in [1.82, 2.24) is 0 Å². The van der Waals surface area contributed by atoms with Crippen LogP contribution in [0.2, 0.25) is 0 Å². The van der Waals surface area contributed by atoms with Crippen LogP contribution in [0.1, 0.15) is 39.0 Å². The second-order valence-electron chi connectivity index (χ2n) is 4.22. The average molecular weight is 226 g/mol. The molecule has 0 aromatic carbocycles. The van der Waals surface area contributed by atoms with Crippen molar-refractivity contribution in [2.24, 2.45) is 5.92 Å². The van der Waals surface area contributed by atoms with Gasteiger partial charge in [0.05, 0.1) is 19.3 Å². The summed E-state index contributed by atoms with van der Waals surface area (Å²) < 4.78 is 10.1. The van der Waals surface area contributed by atoms with E-state index in [1.54, 1.807) is 0 Å². The average Bonchev–Trinajstić information content (AvgIpc) is 2.34. The van der Waals surface area contributed by atoms with E-state index in [-0.39, 0.29) is 5.97 Å². The molecule has 0 spiro atoms. The zero-order valence-electron chi connectivity index (χ0n) is 10.3. The highest BCUT2D eigenvalue weighted by molar-refractivity contribution is 5.88. The SMILES string of the molecule is CCOCC(=CC1CCCCC1)C(=O)OC. The van der Waals surface area contributed by atoms with Crippen LogP contribution in [0.5, 0.6) is 0 Å². The Kier molecular flexibility index (Phi) is 6.16. The molecule has 0 bridgehead atoms. The van der Waals surface area contributed by atoms with Crippen LogP contribution in [0.3, 0.4) is 0 Å². The number of hydrogen-bond donors (Lipinski definition) is 0. The molecule has 3 nitrogen and oxygen atoms in total. The zero-order chi connectivity index (χ0) is 11.8. The van der Waals surface area contributed by atoms with Crippen molar-refractivity contribution in [3.63, 3.8) is 0 Å².